The van der Waals surface area contributed by atoms with Crippen LogP contribution >= 0.6 is 11.6 Å². The Balaban J connectivity index is 2.49. The molecule has 1 aliphatic heterocycles. The van der Waals surface area contributed by atoms with Crippen LogP contribution in [0.15, 0.2) is 12.1 Å². The van der Waals surface area contributed by atoms with E-state index in [1.807, 2.05) is 13.0 Å². The molecule has 0 unspecified atom stereocenters. The first-order chi connectivity index (χ1) is 6.16. The van der Waals surface area contributed by atoms with Crippen molar-refractivity contribution < 1.29 is 9.53 Å². The number of carbonyl (C=O) groups excluding carboxylic acids is 1. The second kappa shape index (κ2) is 2.92. The van der Waals surface area contributed by atoms with Crippen LogP contribution < -0.4 is 10.1 Å². The molecule has 0 spiro atoms. The zero-order chi connectivity index (χ0) is 9.42. The van der Waals surface area contributed by atoms with E-state index in [0.717, 1.165) is 5.56 Å². The van der Waals surface area contributed by atoms with Crippen LogP contribution in [0.4, 0.5) is 5.69 Å². The van der Waals surface area contributed by atoms with Crippen molar-refractivity contribution in [1.82, 2.24) is 0 Å². The minimum Gasteiger partial charge on any atom is -0.482 e. The van der Waals surface area contributed by atoms with Gasteiger partial charge < -0.3 is 10.1 Å². The molecule has 1 aliphatic rings. The summed E-state index contributed by atoms with van der Waals surface area (Å²) in [6.07, 6.45) is 0. The molecule has 0 radical (unpaired) electrons. The highest BCUT2D eigenvalue weighted by Gasteiger charge is 2.16. The van der Waals surface area contributed by atoms with Gasteiger partial charge in [0.15, 0.2) is 6.61 Å². The van der Waals surface area contributed by atoms with Crippen LogP contribution in [-0.4, -0.2) is 12.5 Å². The van der Waals surface area contributed by atoms with Gasteiger partial charge in [-0.1, -0.05) is 11.6 Å². The molecule has 1 aromatic rings. The van der Waals surface area contributed by atoms with E-state index in [4.69, 9.17) is 16.3 Å². The van der Waals surface area contributed by atoms with E-state index in [1.54, 1.807) is 6.07 Å². The lowest BCUT2D eigenvalue weighted by Gasteiger charge is -2.18. The minimum absolute atomic E-state index is 0.0775. The number of nitrogens with one attached hydrogen (secondary N) is 1. The number of fused-ring (bicyclic) bond motifs is 1. The van der Waals surface area contributed by atoms with E-state index in [2.05, 4.69) is 5.32 Å². The van der Waals surface area contributed by atoms with Gasteiger partial charge in [0, 0.05) is 5.02 Å². The highest BCUT2D eigenvalue weighted by Crippen LogP contribution is 2.32. The number of ether oxygens (including phenoxy) is 1. The van der Waals surface area contributed by atoms with Crippen molar-refractivity contribution in [3.8, 4) is 5.75 Å². The first-order valence-electron chi connectivity index (χ1n) is 3.89. The van der Waals surface area contributed by atoms with Gasteiger partial charge in [-0.15, -0.1) is 0 Å². The fraction of sp³-hybridized carbons (Fsp3) is 0.222. The minimum atomic E-state index is -0.146. The van der Waals surface area contributed by atoms with E-state index >= 15 is 0 Å². The van der Waals surface area contributed by atoms with Crippen LogP contribution in [0, 0.1) is 6.92 Å². The Morgan fingerprint density at radius 2 is 2.31 bits per heavy atom. The van der Waals surface area contributed by atoms with E-state index in [0.29, 0.717) is 16.5 Å². The van der Waals surface area contributed by atoms with Gasteiger partial charge in [0.25, 0.3) is 5.91 Å². The Morgan fingerprint density at radius 3 is 3.08 bits per heavy atom. The molecule has 1 heterocycles. The predicted octanol–water partition coefficient (Wildman–Crippen LogP) is 1.98. The summed E-state index contributed by atoms with van der Waals surface area (Å²) >= 11 is 5.89. The third-order valence-electron chi connectivity index (χ3n) is 1.89. The molecule has 0 aromatic heterocycles. The van der Waals surface area contributed by atoms with Gasteiger partial charge in [-0.25, -0.2) is 0 Å². The second-order valence-corrected chi connectivity index (χ2v) is 3.34. The number of anilines is 1. The maximum absolute atomic E-state index is 10.9. The number of rotatable bonds is 0. The summed E-state index contributed by atoms with van der Waals surface area (Å²) in [7, 11) is 0. The smallest absolute Gasteiger partial charge is 0.262 e. The predicted molar refractivity (Wildman–Crippen MR) is 50.3 cm³/mol. The van der Waals surface area contributed by atoms with Gasteiger partial charge in [0.2, 0.25) is 0 Å². The number of halogens is 1. The van der Waals surface area contributed by atoms with Crippen LogP contribution in [0.1, 0.15) is 5.56 Å². The third kappa shape index (κ3) is 1.47. The Labute approximate surface area is 80.6 Å². The first-order valence-corrected chi connectivity index (χ1v) is 4.27. The lowest BCUT2D eigenvalue weighted by atomic mass is 10.2. The quantitative estimate of drug-likeness (QED) is 0.691. The van der Waals surface area contributed by atoms with E-state index < -0.39 is 0 Å². The van der Waals surface area contributed by atoms with Gasteiger partial charge in [-0.3, -0.25) is 4.79 Å². The molecule has 0 atom stereocenters. The topological polar surface area (TPSA) is 38.3 Å². The molecular formula is C9H8ClNO2. The third-order valence-corrected chi connectivity index (χ3v) is 2.30. The standard InChI is InChI=1S/C9H8ClNO2/c1-5-2-8-7(3-6(5)10)11-9(12)4-13-8/h2-3H,4H2,1H3,(H,11,12). The van der Waals surface area contributed by atoms with E-state index in [9.17, 15) is 4.79 Å². The Hall–Kier alpha value is -1.22. The lowest BCUT2D eigenvalue weighted by Crippen LogP contribution is -2.25. The summed E-state index contributed by atoms with van der Waals surface area (Å²) in [5, 5.41) is 3.31. The zero-order valence-electron chi connectivity index (χ0n) is 7.06. The van der Waals surface area contributed by atoms with Crippen molar-refractivity contribution in [2.45, 2.75) is 6.92 Å². The molecule has 0 fully saturated rings. The van der Waals surface area contributed by atoms with Crippen molar-refractivity contribution in [3.63, 3.8) is 0 Å². The van der Waals surface area contributed by atoms with Crippen molar-refractivity contribution in [2.24, 2.45) is 0 Å². The summed E-state index contributed by atoms with van der Waals surface area (Å²) in [5.74, 6) is 0.536. The van der Waals surface area contributed by atoms with Gasteiger partial charge in [0.1, 0.15) is 5.75 Å². The maximum Gasteiger partial charge on any atom is 0.262 e. The highest BCUT2D eigenvalue weighted by atomic mass is 35.5. The van der Waals surface area contributed by atoms with Gasteiger partial charge in [-0.2, -0.15) is 0 Å². The molecule has 0 bridgehead atoms. The van der Waals surface area contributed by atoms with Crippen molar-refractivity contribution >= 4 is 23.2 Å². The number of benzene rings is 1. The Kier molecular flexibility index (Phi) is 1.88. The number of hydrogen-bond donors (Lipinski definition) is 1. The molecule has 13 heavy (non-hydrogen) atoms. The fourth-order valence-electron chi connectivity index (χ4n) is 1.20. The number of amides is 1. The normalized spacial score (nSPS) is 14.5. The van der Waals surface area contributed by atoms with Crippen LogP contribution in [0.5, 0.6) is 5.75 Å². The van der Waals surface area contributed by atoms with Crippen molar-refractivity contribution in [1.29, 1.82) is 0 Å². The lowest BCUT2D eigenvalue weighted by molar-refractivity contribution is -0.118. The average Bonchev–Trinajstić information content (AvgIpc) is 2.08. The zero-order valence-corrected chi connectivity index (χ0v) is 7.81. The number of hydrogen-bond acceptors (Lipinski definition) is 2. The van der Waals surface area contributed by atoms with Crippen molar-refractivity contribution in [3.05, 3.63) is 22.7 Å². The molecular weight excluding hydrogens is 190 g/mol. The van der Waals surface area contributed by atoms with Crippen LogP contribution in [0.25, 0.3) is 0 Å². The molecule has 1 amide bonds. The summed E-state index contributed by atoms with van der Waals surface area (Å²) in [6, 6.07) is 3.51. The molecule has 68 valence electrons. The van der Waals surface area contributed by atoms with Gasteiger partial charge in [0.05, 0.1) is 5.69 Å². The van der Waals surface area contributed by atoms with Crippen LogP contribution in [0.3, 0.4) is 0 Å². The van der Waals surface area contributed by atoms with E-state index in [1.165, 1.54) is 0 Å². The molecule has 0 saturated carbocycles. The number of carbonyl (C=O) groups is 1. The SMILES string of the molecule is Cc1cc2c(cc1Cl)NC(=O)CO2. The molecule has 4 heteroatoms. The molecule has 3 nitrogen and oxygen atoms in total. The van der Waals surface area contributed by atoms with Gasteiger partial charge >= 0.3 is 0 Å². The molecule has 2 rings (SSSR count). The summed E-state index contributed by atoms with van der Waals surface area (Å²) in [4.78, 5) is 10.9. The summed E-state index contributed by atoms with van der Waals surface area (Å²) in [5.41, 5.74) is 1.59. The highest BCUT2D eigenvalue weighted by molar-refractivity contribution is 6.31. The van der Waals surface area contributed by atoms with Gasteiger partial charge in [-0.05, 0) is 24.6 Å². The largest absolute Gasteiger partial charge is 0.482 e. The first kappa shape index (κ1) is 8.38. The fourth-order valence-corrected chi connectivity index (χ4v) is 1.37. The van der Waals surface area contributed by atoms with E-state index in [-0.39, 0.29) is 12.5 Å². The average molecular weight is 198 g/mol. The molecule has 0 aliphatic carbocycles. The monoisotopic (exact) mass is 197 g/mol. The molecule has 1 aromatic carbocycles. The van der Waals surface area contributed by atoms with Crippen LogP contribution in [-0.2, 0) is 4.79 Å². The second-order valence-electron chi connectivity index (χ2n) is 2.93. The molecule has 1 N–H and O–H groups in total. The number of aryl methyl sites for hydroxylation is 1. The maximum atomic E-state index is 10.9. The summed E-state index contributed by atoms with van der Waals surface area (Å²) in [6.45, 7) is 1.97. The Morgan fingerprint density at radius 1 is 1.54 bits per heavy atom. The molecule has 0 saturated heterocycles. The van der Waals surface area contributed by atoms with Crippen LogP contribution in [0.2, 0.25) is 5.02 Å². The van der Waals surface area contributed by atoms with Crippen molar-refractivity contribution in [2.75, 3.05) is 11.9 Å². The summed E-state index contributed by atoms with van der Waals surface area (Å²) < 4.78 is 5.20. The Bertz CT molecular complexity index is 376.